The zero-order valence-electron chi connectivity index (χ0n) is 12.0. The molecule has 0 aliphatic rings. The minimum atomic E-state index is -0.0664. The van der Waals surface area contributed by atoms with E-state index in [-0.39, 0.29) is 6.04 Å². The van der Waals surface area contributed by atoms with Crippen molar-refractivity contribution in [2.45, 2.75) is 26.3 Å². The highest BCUT2D eigenvalue weighted by Crippen LogP contribution is 2.03. The summed E-state index contributed by atoms with van der Waals surface area (Å²) in [6, 6.07) is -0.0664. The second-order valence-electron chi connectivity index (χ2n) is 3.95. The maximum absolute atomic E-state index is 5.91. The second kappa shape index (κ2) is 12.6. The number of allylic oxidation sites excluding steroid dienone is 11. The van der Waals surface area contributed by atoms with Crippen LogP contribution in [-0.4, -0.2) is 6.04 Å². The lowest BCUT2D eigenvalue weighted by Gasteiger charge is -1.97. The summed E-state index contributed by atoms with van der Waals surface area (Å²) in [5, 5.41) is 0. The van der Waals surface area contributed by atoms with Gasteiger partial charge in [-0.15, -0.1) is 0 Å². The van der Waals surface area contributed by atoms with Gasteiger partial charge in [-0.2, -0.15) is 0 Å². The predicted octanol–water partition coefficient (Wildman–Crippen LogP) is 4.64. The van der Waals surface area contributed by atoms with Crippen LogP contribution in [0.25, 0.3) is 0 Å². The molecule has 0 fully saturated rings. The van der Waals surface area contributed by atoms with E-state index >= 15 is 0 Å². The Balaban J connectivity index is 4.39. The Morgan fingerprint density at radius 3 is 2.42 bits per heavy atom. The van der Waals surface area contributed by atoms with Gasteiger partial charge in [-0.05, 0) is 18.9 Å². The monoisotopic (exact) mass is 255 g/mol. The third-order valence-electron chi connectivity index (χ3n) is 2.36. The van der Waals surface area contributed by atoms with Crippen LogP contribution >= 0.6 is 0 Å². The van der Waals surface area contributed by atoms with Crippen molar-refractivity contribution in [2.24, 2.45) is 5.73 Å². The Kier molecular flexibility index (Phi) is 11.4. The number of rotatable bonds is 8. The van der Waals surface area contributed by atoms with Crippen LogP contribution in [0.5, 0.6) is 0 Å². The minimum Gasteiger partial charge on any atom is -0.321 e. The summed E-state index contributed by atoms with van der Waals surface area (Å²) in [7, 11) is 0. The van der Waals surface area contributed by atoms with E-state index in [1.807, 2.05) is 61.6 Å². The van der Waals surface area contributed by atoms with Crippen molar-refractivity contribution >= 4 is 0 Å². The van der Waals surface area contributed by atoms with Crippen molar-refractivity contribution in [3.05, 3.63) is 85.1 Å². The molecule has 0 aromatic rings. The molecule has 0 heterocycles. The first kappa shape index (κ1) is 17.1. The molecule has 0 rings (SSSR count). The lowest BCUT2D eigenvalue weighted by Crippen LogP contribution is -2.12. The van der Waals surface area contributed by atoms with Crippen LogP contribution in [0.3, 0.4) is 0 Å². The summed E-state index contributed by atoms with van der Waals surface area (Å²) in [6.45, 7) is 7.75. The van der Waals surface area contributed by atoms with Gasteiger partial charge in [-0.1, -0.05) is 86.4 Å². The van der Waals surface area contributed by atoms with E-state index in [0.717, 1.165) is 6.42 Å². The first-order valence-electron chi connectivity index (χ1n) is 6.62. The van der Waals surface area contributed by atoms with E-state index in [1.165, 1.54) is 5.57 Å². The molecule has 0 bridgehead atoms. The van der Waals surface area contributed by atoms with Gasteiger partial charge < -0.3 is 5.73 Å². The van der Waals surface area contributed by atoms with Gasteiger partial charge in [0, 0.05) is 6.04 Å². The molecule has 0 amide bonds. The van der Waals surface area contributed by atoms with Crippen molar-refractivity contribution in [2.75, 3.05) is 0 Å². The normalized spacial score (nSPS) is 15.6. The van der Waals surface area contributed by atoms with Gasteiger partial charge in [0.05, 0.1) is 0 Å². The summed E-state index contributed by atoms with van der Waals surface area (Å²) in [5.41, 5.74) is 7.19. The Bertz CT molecular complexity index is 403. The van der Waals surface area contributed by atoms with Crippen LogP contribution in [0.4, 0.5) is 0 Å². The second-order valence-corrected chi connectivity index (χ2v) is 3.95. The number of hydrogen-bond donors (Lipinski definition) is 1. The summed E-state index contributed by atoms with van der Waals surface area (Å²) in [5.74, 6) is 0. The van der Waals surface area contributed by atoms with Crippen LogP contribution in [-0.2, 0) is 0 Å². The smallest absolute Gasteiger partial charge is 0.0416 e. The van der Waals surface area contributed by atoms with Crippen LogP contribution in [0, 0.1) is 0 Å². The van der Waals surface area contributed by atoms with Crippen molar-refractivity contribution < 1.29 is 0 Å². The van der Waals surface area contributed by atoms with E-state index in [2.05, 4.69) is 25.7 Å². The molecule has 0 spiro atoms. The van der Waals surface area contributed by atoms with Gasteiger partial charge in [-0.25, -0.2) is 0 Å². The molecule has 0 aromatic heterocycles. The minimum absolute atomic E-state index is 0.0664. The lowest BCUT2D eigenvalue weighted by molar-refractivity contribution is 1.03. The van der Waals surface area contributed by atoms with Crippen LogP contribution in [0.15, 0.2) is 85.1 Å². The van der Waals surface area contributed by atoms with Crippen LogP contribution in [0.2, 0.25) is 0 Å². The Hall–Kier alpha value is -1.86. The molecule has 19 heavy (non-hydrogen) atoms. The maximum atomic E-state index is 5.91. The summed E-state index contributed by atoms with van der Waals surface area (Å²) < 4.78 is 0. The fourth-order valence-corrected chi connectivity index (χ4v) is 1.29. The zero-order valence-corrected chi connectivity index (χ0v) is 12.0. The van der Waals surface area contributed by atoms with Crippen LogP contribution < -0.4 is 5.73 Å². The molecule has 0 saturated heterocycles. The molecule has 0 aliphatic heterocycles. The van der Waals surface area contributed by atoms with E-state index in [1.54, 1.807) is 6.08 Å². The third kappa shape index (κ3) is 11.0. The Morgan fingerprint density at radius 1 is 1.05 bits per heavy atom. The van der Waals surface area contributed by atoms with Crippen molar-refractivity contribution in [1.82, 2.24) is 0 Å². The molecule has 1 heteroatoms. The van der Waals surface area contributed by atoms with E-state index in [0.29, 0.717) is 0 Å². The van der Waals surface area contributed by atoms with Gasteiger partial charge >= 0.3 is 0 Å². The highest BCUT2D eigenvalue weighted by atomic mass is 14.6. The fraction of sp³-hybridized carbons (Fsp3) is 0.222. The molecule has 1 unspecified atom stereocenters. The molecule has 1 nitrogen and oxygen atoms in total. The van der Waals surface area contributed by atoms with Crippen molar-refractivity contribution in [3.8, 4) is 0 Å². The standard InChI is InChI=1S/C18H25N/c1-4-7-9-11-15-18(19)16-12-14-17(6-3)13-10-8-5-2/h4-5,7-16,18H,1,6,19H2,2-3H3/b8-5-,9-7-,13-10-,15-11?,16-12+,17-14+. The molecule has 0 radical (unpaired) electrons. The lowest BCUT2D eigenvalue weighted by atomic mass is 10.1. The van der Waals surface area contributed by atoms with Gasteiger partial charge in [0.15, 0.2) is 0 Å². The average molecular weight is 255 g/mol. The number of nitrogens with two attached hydrogens (primary N) is 1. The summed E-state index contributed by atoms with van der Waals surface area (Å²) in [6.07, 6.45) is 24.6. The summed E-state index contributed by atoms with van der Waals surface area (Å²) >= 11 is 0. The fourth-order valence-electron chi connectivity index (χ4n) is 1.29. The van der Waals surface area contributed by atoms with E-state index < -0.39 is 0 Å². The van der Waals surface area contributed by atoms with Gasteiger partial charge in [-0.3, -0.25) is 0 Å². The van der Waals surface area contributed by atoms with Gasteiger partial charge in [0.25, 0.3) is 0 Å². The summed E-state index contributed by atoms with van der Waals surface area (Å²) in [4.78, 5) is 0. The maximum Gasteiger partial charge on any atom is 0.0416 e. The highest BCUT2D eigenvalue weighted by molar-refractivity contribution is 5.27. The molecule has 102 valence electrons. The Labute approximate surface area is 117 Å². The molecule has 2 N–H and O–H groups in total. The molecule has 0 aromatic carbocycles. The van der Waals surface area contributed by atoms with Crippen molar-refractivity contribution in [1.29, 1.82) is 0 Å². The largest absolute Gasteiger partial charge is 0.321 e. The van der Waals surface area contributed by atoms with E-state index in [4.69, 9.17) is 5.73 Å². The predicted molar refractivity (Wildman–Crippen MR) is 87.9 cm³/mol. The third-order valence-corrected chi connectivity index (χ3v) is 2.36. The Morgan fingerprint density at radius 2 is 1.79 bits per heavy atom. The molecule has 0 aliphatic carbocycles. The average Bonchev–Trinajstić information content (AvgIpc) is 2.42. The van der Waals surface area contributed by atoms with Crippen LogP contribution in [0.1, 0.15) is 20.3 Å². The molecule has 1 atom stereocenters. The quantitative estimate of drug-likeness (QED) is 0.628. The molecular formula is C18H25N. The zero-order chi connectivity index (χ0) is 14.3. The highest BCUT2D eigenvalue weighted by Gasteiger charge is 1.88. The number of hydrogen-bond acceptors (Lipinski definition) is 1. The topological polar surface area (TPSA) is 26.0 Å². The molecule has 0 saturated carbocycles. The van der Waals surface area contributed by atoms with Gasteiger partial charge in [0.1, 0.15) is 0 Å². The first-order valence-corrected chi connectivity index (χ1v) is 6.62. The van der Waals surface area contributed by atoms with E-state index in [9.17, 15) is 0 Å². The SMILES string of the molecule is C=C/C=C\C=CC(N)/C=C/C=C(/C=C\C=C/C)CC. The molecular weight excluding hydrogens is 230 g/mol. The van der Waals surface area contributed by atoms with Gasteiger partial charge in [0.2, 0.25) is 0 Å². The van der Waals surface area contributed by atoms with Crippen molar-refractivity contribution in [3.63, 3.8) is 0 Å². The first-order chi connectivity index (χ1) is 9.24.